The van der Waals surface area contributed by atoms with Crippen molar-refractivity contribution in [1.82, 2.24) is 5.32 Å². The van der Waals surface area contributed by atoms with Gasteiger partial charge in [0.15, 0.2) is 11.5 Å². The van der Waals surface area contributed by atoms with Crippen molar-refractivity contribution in [2.75, 3.05) is 20.3 Å². The van der Waals surface area contributed by atoms with E-state index in [4.69, 9.17) is 26.2 Å². The molecule has 2 rings (SSSR count). The fourth-order valence-electron chi connectivity index (χ4n) is 2.39. The highest BCUT2D eigenvalue weighted by Gasteiger charge is 2.12. The zero-order chi connectivity index (χ0) is 18.1. The van der Waals surface area contributed by atoms with Gasteiger partial charge in [0.05, 0.1) is 11.6 Å². The zero-order valence-corrected chi connectivity index (χ0v) is 16.6. The van der Waals surface area contributed by atoms with Crippen LogP contribution in [-0.2, 0) is 13.2 Å². The first-order chi connectivity index (χ1) is 12.1. The molecule has 0 aliphatic carbocycles. The summed E-state index contributed by atoms with van der Waals surface area (Å²) in [6.07, 6.45) is 1.77. The maximum atomic E-state index is 8.79. The minimum Gasteiger partial charge on any atom is -0.493 e. The molecule has 0 aromatic heterocycles. The van der Waals surface area contributed by atoms with Crippen molar-refractivity contribution in [3.8, 4) is 11.5 Å². The number of benzene rings is 2. The van der Waals surface area contributed by atoms with E-state index in [0.717, 1.165) is 41.5 Å². The highest BCUT2D eigenvalue weighted by molar-refractivity contribution is 9.10. The zero-order valence-electron chi connectivity index (χ0n) is 14.2. The van der Waals surface area contributed by atoms with Crippen molar-refractivity contribution in [2.45, 2.75) is 26.0 Å². The van der Waals surface area contributed by atoms with E-state index in [-0.39, 0.29) is 6.61 Å². The van der Waals surface area contributed by atoms with Crippen molar-refractivity contribution < 1.29 is 14.6 Å². The average molecular weight is 429 g/mol. The smallest absolute Gasteiger partial charge is 0.175 e. The molecule has 0 aliphatic heterocycles. The standard InChI is InChI=1S/C19H23BrClNO3/c1-24-18-11-15(12-22-7-2-3-8-23)10-17(20)19(18)25-13-14-5-4-6-16(21)9-14/h4-6,9-11,22-23H,2-3,7-8,12-13H2,1H3. The molecule has 0 radical (unpaired) electrons. The van der Waals surface area contributed by atoms with E-state index in [1.807, 2.05) is 36.4 Å². The topological polar surface area (TPSA) is 50.7 Å². The lowest BCUT2D eigenvalue weighted by molar-refractivity contribution is 0.282. The first kappa shape index (κ1) is 20.0. The number of hydrogen-bond acceptors (Lipinski definition) is 4. The van der Waals surface area contributed by atoms with E-state index in [1.54, 1.807) is 7.11 Å². The van der Waals surface area contributed by atoms with Gasteiger partial charge < -0.3 is 19.9 Å². The Morgan fingerprint density at radius 1 is 1.16 bits per heavy atom. The Labute approximate surface area is 162 Å². The van der Waals surface area contributed by atoms with Gasteiger partial charge >= 0.3 is 0 Å². The molecule has 0 fully saturated rings. The SMILES string of the molecule is COc1cc(CNCCCCO)cc(Br)c1OCc1cccc(Cl)c1. The molecule has 0 amide bonds. The molecule has 2 aromatic carbocycles. The van der Waals surface area contributed by atoms with Crippen LogP contribution < -0.4 is 14.8 Å². The molecule has 6 heteroatoms. The molecule has 0 bridgehead atoms. The summed E-state index contributed by atoms with van der Waals surface area (Å²) in [4.78, 5) is 0. The summed E-state index contributed by atoms with van der Waals surface area (Å²) in [7, 11) is 1.63. The van der Waals surface area contributed by atoms with Crippen molar-refractivity contribution >= 4 is 27.5 Å². The summed E-state index contributed by atoms with van der Waals surface area (Å²) in [5.74, 6) is 1.36. The van der Waals surface area contributed by atoms with Gasteiger partial charge in [0.25, 0.3) is 0 Å². The molecule has 25 heavy (non-hydrogen) atoms. The van der Waals surface area contributed by atoms with Crippen LogP contribution in [0.3, 0.4) is 0 Å². The molecule has 2 N–H and O–H groups in total. The highest BCUT2D eigenvalue weighted by Crippen LogP contribution is 2.37. The summed E-state index contributed by atoms with van der Waals surface area (Å²) in [6, 6.07) is 11.6. The molecule has 0 saturated carbocycles. The van der Waals surface area contributed by atoms with Crippen LogP contribution in [0.2, 0.25) is 5.02 Å². The summed E-state index contributed by atoms with van der Waals surface area (Å²) in [5.41, 5.74) is 2.10. The second-order valence-corrected chi connectivity index (χ2v) is 6.93. The second-order valence-electron chi connectivity index (χ2n) is 5.64. The van der Waals surface area contributed by atoms with Gasteiger partial charge in [0, 0.05) is 18.2 Å². The van der Waals surface area contributed by atoms with Gasteiger partial charge in [-0.25, -0.2) is 0 Å². The fraction of sp³-hybridized carbons (Fsp3) is 0.368. The van der Waals surface area contributed by atoms with Gasteiger partial charge in [-0.15, -0.1) is 0 Å². The third-order valence-corrected chi connectivity index (χ3v) is 4.48. The second kappa shape index (κ2) is 10.7. The van der Waals surface area contributed by atoms with Crippen LogP contribution in [0.1, 0.15) is 24.0 Å². The molecule has 0 aliphatic rings. The maximum absolute atomic E-state index is 8.79. The highest BCUT2D eigenvalue weighted by atomic mass is 79.9. The number of halogens is 2. The third kappa shape index (κ3) is 6.51. The Bertz CT molecular complexity index is 682. The number of hydrogen-bond donors (Lipinski definition) is 2. The van der Waals surface area contributed by atoms with Crippen LogP contribution in [0.5, 0.6) is 11.5 Å². The minimum atomic E-state index is 0.236. The Balaban J connectivity index is 2.00. The first-order valence-electron chi connectivity index (χ1n) is 8.19. The van der Waals surface area contributed by atoms with E-state index in [0.29, 0.717) is 23.1 Å². The van der Waals surface area contributed by atoms with Crippen LogP contribution in [0.4, 0.5) is 0 Å². The Morgan fingerprint density at radius 2 is 2.00 bits per heavy atom. The number of nitrogens with one attached hydrogen (secondary N) is 1. The Hall–Kier alpha value is -1.27. The molecule has 136 valence electrons. The molecular weight excluding hydrogens is 406 g/mol. The molecule has 0 spiro atoms. The van der Waals surface area contributed by atoms with Gasteiger partial charge in [-0.1, -0.05) is 23.7 Å². The van der Waals surface area contributed by atoms with Crippen LogP contribution in [0.15, 0.2) is 40.9 Å². The van der Waals surface area contributed by atoms with Crippen molar-refractivity contribution in [3.05, 3.63) is 57.0 Å². The van der Waals surface area contributed by atoms with E-state index in [2.05, 4.69) is 21.2 Å². The Kier molecular flexibility index (Phi) is 8.55. The largest absolute Gasteiger partial charge is 0.493 e. The molecule has 0 saturated heterocycles. The third-order valence-electron chi connectivity index (χ3n) is 3.65. The predicted octanol–water partition coefficient (Wildman–Crippen LogP) is 4.55. The van der Waals surface area contributed by atoms with Crippen LogP contribution in [-0.4, -0.2) is 25.4 Å². The normalized spacial score (nSPS) is 10.7. The number of unbranched alkanes of at least 4 members (excludes halogenated alkanes) is 1. The van der Waals surface area contributed by atoms with Crippen molar-refractivity contribution in [1.29, 1.82) is 0 Å². The molecule has 0 heterocycles. The lowest BCUT2D eigenvalue weighted by atomic mass is 10.2. The quantitative estimate of drug-likeness (QED) is 0.545. The summed E-state index contributed by atoms with van der Waals surface area (Å²) in [6.45, 7) is 2.25. The van der Waals surface area contributed by atoms with Crippen LogP contribution >= 0.6 is 27.5 Å². The van der Waals surface area contributed by atoms with Crippen LogP contribution in [0, 0.1) is 0 Å². The number of aliphatic hydroxyl groups excluding tert-OH is 1. The van der Waals surface area contributed by atoms with Gasteiger partial charge in [-0.05, 0) is 70.7 Å². The minimum absolute atomic E-state index is 0.236. The fourth-order valence-corrected chi connectivity index (χ4v) is 3.21. The monoisotopic (exact) mass is 427 g/mol. The van der Waals surface area contributed by atoms with E-state index >= 15 is 0 Å². The molecular formula is C19H23BrClNO3. The van der Waals surface area contributed by atoms with E-state index in [1.165, 1.54) is 0 Å². The lowest BCUT2D eigenvalue weighted by Gasteiger charge is -2.15. The Morgan fingerprint density at radius 3 is 2.72 bits per heavy atom. The summed E-state index contributed by atoms with van der Waals surface area (Å²) in [5, 5.41) is 12.8. The maximum Gasteiger partial charge on any atom is 0.175 e. The molecule has 4 nitrogen and oxygen atoms in total. The molecule has 2 aromatic rings. The predicted molar refractivity (Wildman–Crippen MR) is 105 cm³/mol. The lowest BCUT2D eigenvalue weighted by Crippen LogP contribution is -2.15. The van der Waals surface area contributed by atoms with Gasteiger partial charge in [-0.3, -0.25) is 0 Å². The number of rotatable bonds is 10. The van der Waals surface area contributed by atoms with Crippen molar-refractivity contribution in [2.24, 2.45) is 0 Å². The van der Waals surface area contributed by atoms with Gasteiger partial charge in [-0.2, -0.15) is 0 Å². The number of aliphatic hydroxyl groups is 1. The van der Waals surface area contributed by atoms with Crippen molar-refractivity contribution in [3.63, 3.8) is 0 Å². The van der Waals surface area contributed by atoms with Gasteiger partial charge in [0.2, 0.25) is 0 Å². The van der Waals surface area contributed by atoms with Crippen LogP contribution in [0.25, 0.3) is 0 Å². The average Bonchev–Trinajstić information content (AvgIpc) is 2.60. The van der Waals surface area contributed by atoms with E-state index < -0.39 is 0 Å². The first-order valence-corrected chi connectivity index (χ1v) is 9.36. The van der Waals surface area contributed by atoms with Gasteiger partial charge in [0.1, 0.15) is 6.61 Å². The number of ether oxygens (including phenoxy) is 2. The number of methoxy groups -OCH3 is 1. The van der Waals surface area contributed by atoms with E-state index in [9.17, 15) is 0 Å². The summed E-state index contributed by atoms with van der Waals surface area (Å²) < 4.78 is 12.3. The molecule has 0 atom stereocenters. The molecule has 0 unspecified atom stereocenters. The summed E-state index contributed by atoms with van der Waals surface area (Å²) >= 11 is 9.58.